The zero-order valence-corrected chi connectivity index (χ0v) is 13.2. The highest BCUT2D eigenvalue weighted by molar-refractivity contribution is 4.99. The van der Waals surface area contributed by atoms with E-state index in [1.54, 1.807) is 0 Å². The Bertz CT molecular complexity index is 414. The first-order chi connectivity index (χ1) is 9.40. The molecule has 0 aliphatic heterocycles. The first-order valence-electron chi connectivity index (χ1n) is 7.90. The van der Waals surface area contributed by atoms with Gasteiger partial charge < -0.3 is 9.63 Å². The van der Waals surface area contributed by atoms with Crippen LogP contribution in [0.3, 0.4) is 0 Å². The van der Waals surface area contributed by atoms with Crippen molar-refractivity contribution in [3.63, 3.8) is 0 Å². The Kier molecular flexibility index (Phi) is 4.84. The maximum absolute atomic E-state index is 10.1. The minimum atomic E-state index is -0.452. The summed E-state index contributed by atoms with van der Waals surface area (Å²) < 4.78 is 5.32. The van der Waals surface area contributed by atoms with Gasteiger partial charge in [0.2, 0.25) is 5.89 Å². The largest absolute Gasteiger partial charge is 0.392 e. The van der Waals surface area contributed by atoms with Crippen molar-refractivity contribution < 1.29 is 9.63 Å². The molecule has 4 nitrogen and oxygen atoms in total. The standard InChI is InChI=1S/C16H28N2O2/c1-5-11-6-8-12(9-7-11)15-17-14(20-18-15)10-13(19)16(2,3)4/h11-13,19H,5-10H2,1-4H3. The molecule has 1 aromatic heterocycles. The summed E-state index contributed by atoms with van der Waals surface area (Å²) in [6, 6.07) is 0. The number of rotatable bonds is 4. The molecule has 1 aromatic rings. The highest BCUT2D eigenvalue weighted by Crippen LogP contribution is 2.35. The molecule has 0 saturated heterocycles. The lowest BCUT2D eigenvalue weighted by molar-refractivity contribution is 0.0565. The van der Waals surface area contributed by atoms with Gasteiger partial charge in [0.15, 0.2) is 5.82 Å². The minimum Gasteiger partial charge on any atom is -0.392 e. The summed E-state index contributed by atoms with van der Waals surface area (Å²) >= 11 is 0. The van der Waals surface area contributed by atoms with Crippen LogP contribution in [0.1, 0.15) is 77.4 Å². The van der Waals surface area contributed by atoms with Crippen molar-refractivity contribution in [2.75, 3.05) is 0 Å². The first kappa shape index (κ1) is 15.5. The molecule has 1 fully saturated rings. The Morgan fingerprint density at radius 3 is 2.45 bits per heavy atom. The van der Waals surface area contributed by atoms with E-state index in [9.17, 15) is 5.11 Å². The van der Waals surface area contributed by atoms with Crippen LogP contribution < -0.4 is 0 Å². The number of nitrogens with zero attached hydrogens (tertiary/aromatic N) is 2. The monoisotopic (exact) mass is 280 g/mol. The van der Waals surface area contributed by atoms with Crippen LogP contribution in [-0.4, -0.2) is 21.4 Å². The number of hydrogen-bond acceptors (Lipinski definition) is 4. The van der Waals surface area contributed by atoms with Gasteiger partial charge in [0.05, 0.1) is 12.5 Å². The van der Waals surface area contributed by atoms with E-state index in [1.165, 1.54) is 32.1 Å². The predicted molar refractivity (Wildman–Crippen MR) is 78.5 cm³/mol. The summed E-state index contributed by atoms with van der Waals surface area (Å²) in [6.07, 6.45) is 6.15. The molecule has 1 aliphatic rings. The Balaban J connectivity index is 1.93. The van der Waals surface area contributed by atoms with E-state index in [2.05, 4.69) is 17.1 Å². The number of aliphatic hydroxyl groups is 1. The quantitative estimate of drug-likeness (QED) is 0.913. The minimum absolute atomic E-state index is 0.159. The molecule has 1 saturated carbocycles. The Morgan fingerprint density at radius 2 is 1.90 bits per heavy atom. The molecule has 0 aromatic carbocycles. The van der Waals surface area contributed by atoms with E-state index >= 15 is 0 Å². The van der Waals surface area contributed by atoms with Crippen molar-refractivity contribution in [1.29, 1.82) is 0 Å². The topological polar surface area (TPSA) is 59.2 Å². The Labute approximate surface area is 122 Å². The van der Waals surface area contributed by atoms with Crippen molar-refractivity contribution in [3.05, 3.63) is 11.7 Å². The fraction of sp³-hybridized carbons (Fsp3) is 0.875. The average Bonchev–Trinajstić information content (AvgIpc) is 2.86. The highest BCUT2D eigenvalue weighted by Gasteiger charge is 2.27. The second kappa shape index (κ2) is 6.25. The molecule has 0 radical (unpaired) electrons. The SMILES string of the molecule is CCC1CCC(c2noc(CC(O)C(C)(C)C)n2)CC1. The first-order valence-corrected chi connectivity index (χ1v) is 7.90. The molecule has 20 heavy (non-hydrogen) atoms. The zero-order chi connectivity index (χ0) is 14.8. The average molecular weight is 280 g/mol. The summed E-state index contributed by atoms with van der Waals surface area (Å²) in [5.41, 5.74) is -0.159. The van der Waals surface area contributed by atoms with Gasteiger partial charge in [-0.1, -0.05) is 39.3 Å². The number of hydrogen-bond donors (Lipinski definition) is 1. The molecule has 1 N–H and O–H groups in total. The van der Waals surface area contributed by atoms with Gasteiger partial charge in [-0.25, -0.2) is 0 Å². The Morgan fingerprint density at radius 1 is 1.25 bits per heavy atom. The van der Waals surface area contributed by atoms with Gasteiger partial charge in [-0.3, -0.25) is 0 Å². The molecular weight excluding hydrogens is 252 g/mol. The molecule has 0 amide bonds. The van der Waals surface area contributed by atoms with Crippen LogP contribution in [-0.2, 0) is 6.42 Å². The molecule has 2 rings (SSSR count). The Hall–Kier alpha value is -0.900. The number of aromatic nitrogens is 2. The van der Waals surface area contributed by atoms with E-state index < -0.39 is 6.10 Å². The molecular formula is C16H28N2O2. The zero-order valence-electron chi connectivity index (χ0n) is 13.2. The van der Waals surface area contributed by atoms with Crippen LogP contribution in [0.25, 0.3) is 0 Å². The summed E-state index contributed by atoms with van der Waals surface area (Å²) in [4.78, 5) is 4.50. The fourth-order valence-electron chi connectivity index (χ4n) is 2.82. The van der Waals surface area contributed by atoms with Gasteiger partial charge in [0, 0.05) is 5.92 Å². The van der Waals surface area contributed by atoms with E-state index in [0.29, 0.717) is 18.2 Å². The van der Waals surface area contributed by atoms with E-state index in [-0.39, 0.29) is 5.41 Å². The molecule has 1 heterocycles. The smallest absolute Gasteiger partial charge is 0.229 e. The van der Waals surface area contributed by atoms with Crippen LogP contribution in [0.15, 0.2) is 4.52 Å². The van der Waals surface area contributed by atoms with Crippen molar-refractivity contribution in [3.8, 4) is 0 Å². The molecule has 0 bridgehead atoms. The van der Waals surface area contributed by atoms with Crippen molar-refractivity contribution in [2.24, 2.45) is 11.3 Å². The summed E-state index contributed by atoms with van der Waals surface area (Å²) in [6.45, 7) is 8.31. The third-order valence-corrected chi connectivity index (χ3v) is 4.64. The van der Waals surface area contributed by atoms with Crippen LogP contribution in [0.4, 0.5) is 0 Å². The molecule has 1 unspecified atom stereocenters. The summed E-state index contributed by atoms with van der Waals surface area (Å²) in [5, 5.41) is 14.2. The second-order valence-electron chi connectivity index (χ2n) is 7.26. The third kappa shape index (κ3) is 3.81. The maximum atomic E-state index is 10.1. The predicted octanol–water partition coefficient (Wildman–Crippen LogP) is 3.70. The number of aliphatic hydroxyl groups excluding tert-OH is 1. The van der Waals surface area contributed by atoms with E-state index in [4.69, 9.17) is 4.52 Å². The van der Waals surface area contributed by atoms with Gasteiger partial charge >= 0.3 is 0 Å². The van der Waals surface area contributed by atoms with Crippen LogP contribution in [0.2, 0.25) is 0 Å². The van der Waals surface area contributed by atoms with Gasteiger partial charge in [-0.05, 0) is 37.0 Å². The van der Waals surface area contributed by atoms with Gasteiger partial charge in [-0.15, -0.1) is 0 Å². The molecule has 0 spiro atoms. The molecule has 4 heteroatoms. The van der Waals surface area contributed by atoms with Gasteiger partial charge in [0.1, 0.15) is 0 Å². The molecule has 1 atom stereocenters. The van der Waals surface area contributed by atoms with Crippen molar-refractivity contribution in [2.45, 2.75) is 78.2 Å². The summed E-state index contributed by atoms with van der Waals surface area (Å²) in [7, 11) is 0. The van der Waals surface area contributed by atoms with E-state index in [1.807, 2.05) is 20.8 Å². The molecule has 114 valence electrons. The molecule has 1 aliphatic carbocycles. The lowest BCUT2D eigenvalue weighted by Gasteiger charge is -2.25. The lowest BCUT2D eigenvalue weighted by atomic mass is 9.80. The lowest BCUT2D eigenvalue weighted by Crippen LogP contribution is -2.28. The summed E-state index contributed by atoms with van der Waals surface area (Å²) in [5.74, 6) is 2.73. The van der Waals surface area contributed by atoms with Gasteiger partial charge in [0.25, 0.3) is 0 Å². The third-order valence-electron chi connectivity index (χ3n) is 4.64. The van der Waals surface area contributed by atoms with E-state index in [0.717, 1.165) is 11.7 Å². The van der Waals surface area contributed by atoms with Crippen molar-refractivity contribution in [1.82, 2.24) is 10.1 Å². The van der Waals surface area contributed by atoms with Gasteiger partial charge in [-0.2, -0.15) is 4.98 Å². The normalized spacial score (nSPS) is 25.6. The highest BCUT2D eigenvalue weighted by atomic mass is 16.5. The van der Waals surface area contributed by atoms with Crippen LogP contribution in [0.5, 0.6) is 0 Å². The van der Waals surface area contributed by atoms with Crippen LogP contribution >= 0.6 is 0 Å². The fourth-order valence-corrected chi connectivity index (χ4v) is 2.82. The maximum Gasteiger partial charge on any atom is 0.229 e. The van der Waals surface area contributed by atoms with Crippen LogP contribution in [0, 0.1) is 11.3 Å². The second-order valence-corrected chi connectivity index (χ2v) is 7.26. The van der Waals surface area contributed by atoms with Crippen molar-refractivity contribution >= 4 is 0 Å².